The Morgan fingerprint density at radius 1 is 0.686 bits per heavy atom. The average Bonchev–Trinajstić information content (AvgIpc) is 2.92. The number of hydrogen-bond donors (Lipinski definition) is 2. The van der Waals surface area contributed by atoms with Crippen molar-refractivity contribution in [3.8, 4) is 0 Å². The number of likely N-dealkylation sites (N-methyl/N-ethyl adjacent to an activating group) is 1. The molecule has 190 valence electrons. The van der Waals surface area contributed by atoms with Gasteiger partial charge in [0, 0.05) is 71.6 Å². The second-order valence-corrected chi connectivity index (χ2v) is 8.84. The monoisotopic (exact) mass is 485 g/mol. The van der Waals surface area contributed by atoms with Crippen LogP contribution in [0.4, 0.5) is 29.6 Å². The Bertz CT molecular complexity index is 908. The van der Waals surface area contributed by atoms with Crippen molar-refractivity contribution in [1.29, 1.82) is 0 Å². The number of nitrogens with one attached hydrogen (secondary N) is 2. The first-order valence-corrected chi connectivity index (χ1v) is 12.4. The molecule has 5 heterocycles. The summed E-state index contributed by atoms with van der Waals surface area (Å²) in [4.78, 5) is 32.1. The summed E-state index contributed by atoms with van der Waals surface area (Å²) in [5.41, 5.74) is 0. The fraction of sp³-hybridized carbons (Fsp3) is 0.682. The number of rotatable bonds is 8. The predicted octanol–water partition coefficient (Wildman–Crippen LogP) is -0.389. The zero-order valence-electron chi connectivity index (χ0n) is 20.4. The van der Waals surface area contributed by atoms with E-state index >= 15 is 0 Å². The molecule has 0 unspecified atom stereocenters. The molecular formula is C22H35N11O2. The molecule has 0 atom stereocenters. The molecule has 3 aliphatic rings. The minimum Gasteiger partial charge on any atom is -0.378 e. The normalized spacial score (nSPS) is 19.6. The van der Waals surface area contributed by atoms with Crippen LogP contribution < -0.4 is 25.3 Å². The number of morpholine rings is 2. The van der Waals surface area contributed by atoms with E-state index in [9.17, 15) is 0 Å². The smallest absolute Gasteiger partial charge is 0.232 e. The van der Waals surface area contributed by atoms with Gasteiger partial charge in [0.1, 0.15) is 5.82 Å². The highest BCUT2D eigenvalue weighted by atomic mass is 16.5. The van der Waals surface area contributed by atoms with Crippen LogP contribution in [0.5, 0.6) is 0 Å². The van der Waals surface area contributed by atoms with Gasteiger partial charge in [0.15, 0.2) is 0 Å². The first-order chi connectivity index (χ1) is 17.2. The van der Waals surface area contributed by atoms with E-state index in [0.29, 0.717) is 63.3 Å². The van der Waals surface area contributed by atoms with Crippen molar-refractivity contribution >= 4 is 29.6 Å². The number of anilines is 5. The van der Waals surface area contributed by atoms with Gasteiger partial charge < -0.3 is 39.7 Å². The highest BCUT2D eigenvalue weighted by molar-refractivity contribution is 5.46. The molecule has 35 heavy (non-hydrogen) atoms. The standard InChI is InChI=1S/C22H35N11O2/c1-30-6-8-31(9-7-30)18-2-3-23-19(26-18)24-4-5-25-20-27-21(32-10-14-34-15-11-32)29-22(28-20)33-12-16-35-17-13-33/h2-3H,4-17H2,1H3,(H,23,24,26)(H,25,27,28,29). The lowest BCUT2D eigenvalue weighted by Crippen LogP contribution is -2.44. The second-order valence-electron chi connectivity index (χ2n) is 8.84. The average molecular weight is 486 g/mol. The summed E-state index contributed by atoms with van der Waals surface area (Å²) in [6.07, 6.45) is 1.81. The third-order valence-electron chi connectivity index (χ3n) is 6.36. The molecule has 0 radical (unpaired) electrons. The Morgan fingerprint density at radius 2 is 1.26 bits per heavy atom. The summed E-state index contributed by atoms with van der Waals surface area (Å²) >= 11 is 0. The van der Waals surface area contributed by atoms with Crippen LogP contribution in [-0.2, 0) is 9.47 Å². The number of hydrogen-bond acceptors (Lipinski definition) is 13. The summed E-state index contributed by atoms with van der Waals surface area (Å²) in [6, 6.07) is 1.97. The molecule has 13 nitrogen and oxygen atoms in total. The minimum atomic E-state index is 0.567. The third-order valence-corrected chi connectivity index (χ3v) is 6.36. The van der Waals surface area contributed by atoms with Crippen LogP contribution >= 0.6 is 0 Å². The highest BCUT2D eigenvalue weighted by Crippen LogP contribution is 2.19. The van der Waals surface area contributed by atoms with Crippen molar-refractivity contribution in [2.24, 2.45) is 0 Å². The van der Waals surface area contributed by atoms with Crippen LogP contribution in [0.25, 0.3) is 0 Å². The van der Waals surface area contributed by atoms with E-state index in [1.54, 1.807) is 0 Å². The van der Waals surface area contributed by atoms with Gasteiger partial charge in [-0.1, -0.05) is 0 Å². The molecule has 0 aliphatic carbocycles. The van der Waals surface area contributed by atoms with Crippen LogP contribution in [0.15, 0.2) is 12.3 Å². The molecule has 2 N–H and O–H groups in total. The third kappa shape index (κ3) is 6.35. The van der Waals surface area contributed by atoms with Gasteiger partial charge in [0.25, 0.3) is 0 Å². The van der Waals surface area contributed by atoms with Gasteiger partial charge in [-0.2, -0.15) is 19.9 Å². The van der Waals surface area contributed by atoms with Crippen molar-refractivity contribution in [1.82, 2.24) is 29.8 Å². The quantitative estimate of drug-likeness (QED) is 0.473. The van der Waals surface area contributed by atoms with Gasteiger partial charge in [-0.05, 0) is 13.1 Å². The van der Waals surface area contributed by atoms with E-state index < -0.39 is 0 Å². The molecular weight excluding hydrogens is 450 g/mol. The van der Waals surface area contributed by atoms with Gasteiger partial charge in [-0.3, -0.25) is 0 Å². The number of piperazine rings is 1. The lowest BCUT2D eigenvalue weighted by atomic mass is 10.3. The van der Waals surface area contributed by atoms with Crippen molar-refractivity contribution in [2.45, 2.75) is 0 Å². The van der Waals surface area contributed by atoms with E-state index in [4.69, 9.17) is 19.4 Å². The number of aromatic nitrogens is 5. The van der Waals surface area contributed by atoms with Crippen molar-refractivity contribution < 1.29 is 9.47 Å². The molecule has 2 aromatic rings. The van der Waals surface area contributed by atoms with E-state index in [-0.39, 0.29) is 0 Å². The maximum absolute atomic E-state index is 5.49. The lowest BCUT2D eigenvalue weighted by molar-refractivity contribution is 0.121. The van der Waals surface area contributed by atoms with Crippen molar-refractivity contribution in [2.75, 3.05) is 124 Å². The van der Waals surface area contributed by atoms with Gasteiger partial charge in [-0.25, -0.2) is 4.98 Å². The first-order valence-electron chi connectivity index (χ1n) is 12.4. The lowest BCUT2D eigenvalue weighted by Gasteiger charge is -2.33. The fourth-order valence-electron chi connectivity index (χ4n) is 4.24. The molecule has 2 aromatic heterocycles. The second kappa shape index (κ2) is 11.6. The SMILES string of the molecule is CN1CCN(c2ccnc(NCCNc3nc(N4CCOCC4)nc(N4CCOCC4)n3)n2)CC1. The van der Waals surface area contributed by atoms with Crippen LogP contribution in [0.2, 0.25) is 0 Å². The maximum atomic E-state index is 5.49. The van der Waals surface area contributed by atoms with Gasteiger partial charge in [-0.15, -0.1) is 0 Å². The van der Waals surface area contributed by atoms with Crippen molar-refractivity contribution in [3.63, 3.8) is 0 Å². The van der Waals surface area contributed by atoms with E-state index in [2.05, 4.69) is 52.2 Å². The zero-order chi connectivity index (χ0) is 23.9. The van der Waals surface area contributed by atoms with E-state index in [1.165, 1.54) is 0 Å². The van der Waals surface area contributed by atoms with Crippen LogP contribution in [-0.4, -0.2) is 129 Å². The molecule has 3 saturated heterocycles. The molecule has 0 aromatic carbocycles. The molecule has 3 aliphatic heterocycles. The van der Waals surface area contributed by atoms with Gasteiger partial charge in [0.05, 0.1) is 26.4 Å². The van der Waals surface area contributed by atoms with Crippen molar-refractivity contribution in [3.05, 3.63) is 12.3 Å². The Morgan fingerprint density at radius 3 is 1.86 bits per heavy atom. The Balaban J connectivity index is 1.19. The van der Waals surface area contributed by atoms with Gasteiger partial charge >= 0.3 is 0 Å². The zero-order valence-corrected chi connectivity index (χ0v) is 20.4. The Labute approximate surface area is 205 Å². The number of ether oxygens (including phenoxy) is 2. The molecule has 0 saturated carbocycles. The summed E-state index contributed by atoms with van der Waals surface area (Å²) in [5.74, 6) is 3.53. The first kappa shape index (κ1) is 23.7. The summed E-state index contributed by atoms with van der Waals surface area (Å²) in [7, 11) is 2.15. The molecule has 5 rings (SSSR count). The van der Waals surface area contributed by atoms with Crippen LogP contribution in [0, 0.1) is 0 Å². The summed E-state index contributed by atoms with van der Waals surface area (Å²) in [5, 5.41) is 6.66. The van der Waals surface area contributed by atoms with Crippen LogP contribution in [0.1, 0.15) is 0 Å². The molecule has 0 bridgehead atoms. The molecule has 0 amide bonds. The maximum Gasteiger partial charge on any atom is 0.232 e. The fourth-order valence-corrected chi connectivity index (χ4v) is 4.24. The molecule has 0 spiro atoms. The van der Waals surface area contributed by atoms with E-state index in [0.717, 1.165) is 58.2 Å². The predicted molar refractivity (Wildman–Crippen MR) is 135 cm³/mol. The molecule has 13 heteroatoms. The highest BCUT2D eigenvalue weighted by Gasteiger charge is 2.21. The van der Waals surface area contributed by atoms with E-state index in [1.807, 2.05) is 12.3 Å². The van der Waals surface area contributed by atoms with Crippen LogP contribution in [0.3, 0.4) is 0 Å². The largest absolute Gasteiger partial charge is 0.378 e. The Hall–Kier alpha value is -3.03. The van der Waals surface area contributed by atoms with Gasteiger partial charge in [0.2, 0.25) is 23.8 Å². The summed E-state index contributed by atoms with van der Waals surface area (Å²) < 4.78 is 11.0. The topological polar surface area (TPSA) is 120 Å². The summed E-state index contributed by atoms with van der Waals surface area (Å²) in [6.45, 7) is 11.1. The Kier molecular flexibility index (Phi) is 7.85. The minimum absolute atomic E-state index is 0.567. The molecule has 3 fully saturated rings. The number of nitrogens with zero attached hydrogens (tertiary/aromatic N) is 9.